The van der Waals surface area contributed by atoms with Gasteiger partial charge in [-0.1, -0.05) is 18.2 Å². The minimum atomic E-state index is -0.532. The fraction of sp³-hybridized carbons (Fsp3) is 0.533. The Kier molecular flexibility index (Phi) is 4.41. The molecule has 1 aliphatic rings. The molecule has 1 saturated carbocycles. The van der Waals surface area contributed by atoms with Crippen LogP contribution >= 0.6 is 0 Å². The highest BCUT2D eigenvalue weighted by Gasteiger charge is 2.32. The maximum absolute atomic E-state index is 9.25. The van der Waals surface area contributed by atoms with Crippen molar-refractivity contribution >= 4 is 0 Å². The number of hydrogen-bond donors (Lipinski definition) is 2. The number of nitrogens with one attached hydrogen (secondary N) is 1. The number of benzene rings is 1. The number of rotatable bonds is 7. The van der Waals surface area contributed by atoms with Gasteiger partial charge in [-0.25, -0.2) is 0 Å². The molecular weight excluding hydrogens is 240 g/mol. The third-order valence-electron chi connectivity index (χ3n) is 3.35. The molecule has 0 radical (unpaired) electrons. The van der Waals surface area contributed by atoms with Crippen LogP contribution in [0.2, 0.25) is 0 Å². The largest absolute Gasteiger partial charge is 0.493 e. The maximum atomic E-state index is 9.25. The molecule has 1 atom stereocenters. The highest BCUT2D eigenvalue weighted by atomic mass is 16.5. The lowest BCUT2D eigenvalue weighted by atomic mass is 10.0. The standard InChI is InChI=1S/C15H20N2O2/c1-15(11-16,17-13-6-7-13)8-9-19-14-5-3-2-4-12(14)10-18/h2-5,13,17-18H,6-10H2,1H3. The number of hydrogen-bond acceptors (Lipinski definition) is 4. The molecule has 0 amide bonds. The Morgan fingerprint density at radius 1 is 1.47 bits per heavy atom. The van der Waals surface area contributed by atoms with Gasteiger partial charge in [0.1, 0.15) is 11.3 Å². The topological polar surface area (TPSA) is 65.3 Å². The van der Waals surface area contributed by atoms with E-state index in [1.807, 2.05) is 31.2 Å². The molecule has 0 spiro atoms. The molecule has 19 heavy (non-hydrogen) atoms. The summed E-state index contributed by atoms with van der Waals surface area (Å²) in [7, 11) is 0. The average Bonchev–Trinajstić information content (AvgIpc) is 3.23. The highest BCUT2D eigenvalue weighted by molar-refractivity contribution is 5.32. The van der Waals surface area contributed by atoms with E-state index in [4.69, 9.17) is 4.74 Å². The van der Waals surface area contributed by atoms with Crippen LogP contribution in [0.25, 0.3) is 0 Å². The average molecular weight is 260 g/mol. The molecule has 0 bridgehead atoms. The zero-order valence-corrected chi connectivity index (χ0v) is 11.2. The van der Waals surface area contributed by atoms with Crippen LogP contribution in [0, 0.1) is 11.3 Å². The fourth-order valence-electron chi connectivity index (χ4n) is 1.98. The number of aliphatic hydroxyl groups is 1. The Labute approximate surface area is 114 Å². The van der Waals surface area contributed by atoms with Crippen molar-refractivity contribution in [3.8, 4) is 11.8 Å². The smallest absolute Gasteiger partial charge is 0.124 e. The first-order valence-electron chi connectivity index (χ1n) is 6.67. The molecule has 1 aliphatic carbocycles. The first kappa shape index (κ1) is 13.9. The second-order valence-corrected chi connectivity index (χ2v) is 5.23. The summed E-state index contributed by atoms with van der Waals surface area (Å²) in [5, 5.41) is 21.8. The number of nitrogens with zero attached hydrogens (tertiary/aromatic N) is 1. The van der Waals surface area contributed by atoms with Gasteiger partial charge in [0.25, 0.3) is 0 Å². The van der Waals surface area contributed by atoms with Gasteiger partial charge >= 0.3 is 0 Å². The van der Waals surface area contributed by atoms with Crippen LogP contribution in [0.4, 0.5) is 0 Å². The third kappa shape index (κ3) is 3.95. The molecule has 1 aromatic rings. The first-order chi connectivity index (χ1) is 9.17. The number of ether oxygens (including phenoxy) is 1. The number of nitriles is 1. The second kappa shape index (κ2) is 6.05. The Morgan fingerprint density at radius 3 is 2.84 bits per heavy atom. The molecule has 0 saturated heterocycles. The Bertz CT molecular complexity index is 465. The van der Waals surface area contributed by atoms with Crippen molar-refractivity contribution in [1.29, 1.82) is 5.26 Å². The zero-order chi connectivity index (χ0) is 13.7. The molecule has 2 N–H and O–H groups in total. The number of aliphatic hydroxyl groups excluding tert-OH is 1. The van der Waals surface area contributed by atoms with E-state index in [1.165, 1.54) is 0 Å². The van der Waals surface area contributed by atoms with Crippen molar-refractivity contribution in [2.45, 2.75) is 44.4 Å². The Balaban J connectivity index is 1.86. The van der Waals surface area contributed by atoms with Crippen LogP contribution in [0.1, 0.15) is 31.7 Å². The van der Waals surface area contributed by atoms with Gasteiger partial charge in [-0.15, -0.1) is 0 Å². The molecule has 2 rings (SSSR count). The molecule has 0 aromatic heterocycles. The Morgan fingerprint density at radius 2 is 2.21 bits per heavy atom. The van der Waals surface area contributed by atoms with E-state index < -0.39 is 5.54 Å². The molecule has 102 valence electrons. The lowest BCUT2D eigenvalue weighted by Crippen LogP contribution is -2.43. The van der Waals surface area contributed by atoms with Crippen LogP contribution in [-0.2, 0) is 6.61 Å². The first-order valence-corrected chi connectivity index (χ1v) is 6.67. The summed E-state index contributed by atoms with van der Waals surface area (Å²) in [4.78, 5) is 0. The summed E-state index contributed by atoms with van der Waals surface area (Å²) in [5.41, 5.74) is 0.242. The van der Waals surface area contributed by atoms with E-state index >= 15 is 0 Å². The summed E-state index contributed by atoms with van der Waals surface area (Å²) >= 11 is 0. The quantitative estimate of drug-likeness (QED) is 0.787. The lowest BCUT2D eigenvalue weighted by molar-refractivity contribution is 0.245. The number of para-hydroxylation sites is 1. The van der Waals surface area contributed by atoms with Crippen LogP contribution in [0.5, 0.6) is 5.75 Å². The van der Waals surface area contributed by atoms with Gasteiger partial charge in [0, 0.05) is 18.0 Å². The summed E-state index contributed by atoms with van der Waals surface area (Å²) in [6.07, 6.45) is 2.94. The normalized spacial score (nSPS) is 17.5. The lowest BCUT2D eigenvalue weighted by Gasteiger charge is -2.23. The van der Waals surface area contributed by atoms with Gasteiger partial charge in [0.2, 0.25) is 0 Å². The van der Waals surface area contributed by atoms with Gasteiger partial charge in [-0.05, 0) is 25.8 Å². The van der Waals surface area contributed by atoms with Crippen LogP contribution < -0.4 is 10.1 Å². The Hall–Kier alpha value is -1.57. The molecule has 0 aliphatic heterocycles. The predicted molar refractivity (Wildman–Crippen MR) is 72.7 cm³/mol. The second-order valence-electron chi connectivity index (χ2n) is 5.23. The molecule has 1 unspecified atom stereocenters. The van der Waals surface area contributed by atoms with Gasteiger partial charge in [0.05, 0.1) is 19.3 Å². The van der Waals surface area contributed by atoms with Gasteiger partial charge < -0.3 is 9.84 Å². The summed E-state index contributed by atoms with van der Waals surface area (Å²) in [5.74, 6) is 0.691. The summed E-state index contributed by atoms with van der Waals surface area (Å²) < 4.78 is 5.68. The fourth-order valence-corrected chi connectivity index (χ4v) is 1.98. The van der Waals surface area contributed by atoms with Crippen LogP contribution in [0.15, 0.2) is 24.3 Å². The van der Waals surface area contributed by atoms with E-state index in [2.05, 4.69) is 11.4 Å². The van der Waals surface area contributed by atoms with Crippen LogP contribution in [-0.4, -0.2) is 23.3 Å². The minimum absolute atomic E-state index is 0.0357. The molecule has 4 heteroatoms. The third-order valence-corrected chi connectivity index (χ3v) is 3.35. The van der Waals surface area contributed by atoms with Crippen molar-refractivity contribution in [1.82, 2.24) is 5.32 Å². The van der Waals surface area contributed by atoms with Crippen molar-refractivity contribution in [2.75, 3.05) is 6.61 Å². The van der Waals surface area contributed by atoms with E-state index in [0.29, 0.717) is 24.8 Å². The SMILES string of the molecule is CC(C#N)(CCOc1ccccc1CO)NC1CC1. The predicted octanol–water partition coefficient (Wildman–Crippen LogP) is 1.98. The molecular formula is C15H20N2O2. The van der Waals surface area contributed by atoms with E-state index in [9.17, 15) is 10.4 Å². The van der Waals surface area contributed by atoms with Crippen molar-refractivity contribution in [3.05, 3.63) is 29.8 Å². The van der Waals surface area contributed by atoms with E-state index in [1.54, 1.807) is 0 Å². The highest BCUT2D eigenvalue weighted by Crippen LogP contribution is 2.24. The van der Waals surface area contributed by atoms with Gasteiger partial charge in [-0.2, -0.15) is 5.26 Å². The molecule has 0 heterocycles. The monoisotopic (exact) mass is 260 g/mol. The maximum Gasteiger partial charge on any atom is 0.124 e. The summed E-state index contributed by atoms with van der Waals surface area (Å²) in [6.45, 7) is 2.33. The van der Waals surface area contributed by atoms with E-state index in [0.717, 1.165) is 18.4 Å². The van der Waals surface area contributed by atoms with Crippen molar-refractivity contribution < 1.29 is 9.84 Å². The molecule has 4 nitrogen and oxygen atoms in total. The van der Waals surface area contributed by atoms with Crippen molar-refractivity contribution in [2.24, 2.45) is 0 Å². The zero-order valence-electron chi connectivity index (χ0n) is 11.2. The van der Waals surface area contributed by atoms with Crippen LogP contribution in [0.3, 0.4) is 0 Å². The molecule has 1 fully saturated rings. The van der Waals surface area contributed by atoms with Gasteiger partial charge in [0.15, 0.2) is 0 Å². The summed E-state index contributed by atoms with van der Waals surface area (Å²) in [6, 6.07) is 10.2. The van der Waals surface area contributed by atoms with Gasteiger partial charge in [-0.3, -0.25) is 5.32 Å². The minimum Gasteiger partial charge on any atom is -0.493 e. The van der Waals surface area contributed by atoms with E-state index in [-0.39, 0.29) is 6.61 Å². The van der Waals surface area contributed by atoms with Crippen molar-refractivity contribution in [3.63, 3.8) is 0 Å². The molecule has 1 aromatic carbocycles.